The Kier molecular flexibility index (Phi) is 4.10. The molecule has 116 valence electrons. The van der Waals surface area contributed by atoms with Crippen molar-refractivity contribution in [2.45, 2.75) is 67.5 Å². The minimum atomic E-state index is -2.93. The van der Waals surface area contributed by atoms with Gasteiger partial charge in [-0.05, 0) is 50.5 Å². The number of fused-ring (bicyclic) bond motifs is 2. The van der Waals surface area contributed by atoms with E-state index in [1.165, 1.54) is 5.56 Å². The summed E-state index contributed by atoms with van der Waals surface area (Å²) in [6, 6.07) is 10.4. The molecule has 2 unspecified atom stereocenters. The summed E-state index contributed by atoms with van der Waals surface area (Å²) in [5.41, 5.74) is 0.587. The molecule has 21 heavy (non-hydrogen) atoms. The molecule has 3 nitrogen and oxygen atoms in total. The van der Waals surface area contributed by atoms with E-state index in [1.807, 2.05) is 18.2 Å². The van der Waals surface area contributed by atoms with Crippen molar-refractivity contribution < 1.29 is 13.5 Å². The molecule has 0 aliphatic carbocycles. The van der Waals surface area contributed by atoms with Crippen LogP contribution in [0.4, 0.5) is 0 Å². The summed E-state index contributed by atoms with van der Waals surface area (Å²) in [6.07, 6.45) is 6.19. The van der Waals surface area contributed by atoms with Crippen molar-refractivity contribution in [1.82, 2.24) is 0 Å². The molecule has 2 aliphatic heterocycles. The molecule has 3 rings (SSSR count). The van der Waals surface area contributed by atoms with Crippen LogP contribution in [0, 0.1) is 0 Å². The highest BCUT2D eigenvalue weighted by molar-refractivity contribution is 7.93. The van der Waals surface area contributed by atoms with Crippen molar-refractivity contribution in [3.8, 4) is 0 Å². The predicted molar refractivity (Wildman–Crippen MR) is 83.9 cm³/mol. The van der Waals surface area contributed by atoms with Gasteiger partial charge in [0, 0.05) is 0 Å². The van der Waals surface area contributed by atoms with Gasteiger partial charge in [-0.25, -0.2) is 8.42 Å². The van der Waals surface area contributed by atoms with Gasteiger partial charge in [-0.3, -0.25) is 0 Å². The van der Waals surface area contributed by atoms with E-state index in [-0.39, 0.29) is 10.5 Å². The number of rotatable bonds is 5. The lowest BCUT2D eigenvalue weighted by atomic mass is 9.87. The molecular formula is C17H24O3S. The summed E-state index contributed by atoms with van der Waals surface area (Å²) in [5, 5.41) is 10.2. The Balaban J connectivity index is 1.50. The average molecular weight is 308 g/mol. The largest absolute Gasteiger partial charge is 0.390 e. The maximum absolute atomic E-state index is 12.1. The smallest absolute Gasteiger partial charge is 0.156 e. The lowest BCUT2D eigenvalue weighted by Crippen LogP contribution is -2.44. The maximum atomic E-state index is 12.1. The first-order valence-corrected chi connectivity index (χ1v) is 9.60. The first kappa shape index (κ1) is 15.0. The van der Waals surface area contributed by atoms with Crippen LogP contribution in [0.1, 0.15) is 50.5 Å². The Morgan fingerprint density at radius 3 is 2.29 bits per heavy atom. The molecule has 2 fully saturated rings. The molecule has 2 aliphatic rings. The summed E-state index contributed by atoms with van der Waals surface area (Å²) < 4.78 is 24.1. The van der Waals surface area contributed by atoms with Crippen molar-refractivity contribution in [3.05, 3.63) is 35.9 Å². The van der Waals surface area contributed by atoms with Gasteiger partial charge in [0.1, 0.15) is 0 Å². The highest BCUT2D eigenvalue weighted by atomic mass is 32.2. The van der Waals surface area contributed by atoms with E-state index < -0.39 is 15.4 Å². The third-order valence-electron chi connectivity index (χ3n) is 5.16. The molecule has 4 heteroatoms. The average Bonchev–Trinajstić information content (AvgIpc) is 2.65. The second-order valence-corrected chi connectivity index (χ2v) is 9.25. The Hall–Kier alpha value is -0.870. The maximum Gasteiger partial charge on any atom is 0.156 e. The number of unbranched alkanes of at least 4 members (excludes halogenated alkanes) is 1. The predicted octanol–water partition coefficient (Wildman–Crippen LogP) is 2.87. The third-order valence-corrected chi connectivity index (χ3v) is 7.82. The zero-order chi connectivity index (χ0) is 14.9. The first-order chi connectivity index (χ1) is 10.00. The van der Waals surface area contributed by atoms with Crippen LogP contribution >= 0.6 is 0 Å². The van der Waals surface area contributed by atoms with E-state index in [0.717, 1.165) is 38.5 Å². The van der Waals surface area contributed by atoms with Crippen LogP contribution in [0.5, 0.6) is 0 Å². The van der Waals surface area contributed by atoms with Gasteiger partial charge in [0.05, 0.1) is 16.1 Å². The Morgan fingerprint density at radius 1 is 1.05 bits per heavy atom. The molecule has 1 aromatic carbocycles. The molecule has 2 bridgehead atoms. The Bertz CT molecular complexity index is 559. The number of aryl methyl sites for hydroxylation is 1. The number of hydrogen-bond acceptors (Lipinski definition) is 3. The van der Waals surface area contributed by atoms with Crippen LogP contribution in [0.2, 0.25) is 0 Å². The first-order valence-electron chi connectivity index (χ1n) is 7.99. The highest BCUT2D eigenvalue weighted by Gasteiger charge is 2.52. The summed E-state index contributed by atoms with van der Waals surface area (Å²) in [7, 11) is -2.93. The summed E-state index contributed by atoms with van der Waals surface area (Å²) in [5.74, 6) is 0. The van der Waals surface area contributed by atoms with Crippen LogP contribution < -0.4 is 0 Å². The molecule has 1 aromatic rings. The minimum Gasteiger partial charge on any atom is -0.390 e. The van der Waals surface area contributed by atoms with Crippen molar-refractivity contribution >= 4 is 9.84 Å². The van der Waals surface area contributed by atoms with E-state index in [4.69, 9.17) is 0 Å². The van der Waals surface area contributed by atoms with Gasteiger partial charge in [-0.1, -0.05) is 36.8 Å². The van der Waals surface area contributed by atoms with Gasteiger partial charge in [-0.15, -0.1) is 0 Å². The molecule has 0 spiro atoms. The zero-order valence-corrected chi connectivity index (χ0v) is 13.2. The fraction of sp³-hybridized carbons (Fsp3) is 0.647. The van der Waals surface area contributed by atoms with E-state index in [0.29, 0.717) is 12.8 Å². The van der Waals surface area contributed by atoms with Crippen molar-refractivity contribution in [2.24, 2.45) is 0 Å². The van der Waals surface area contributed by atoms with Crippen LogP contribution in [0.15, 0.2) is 30.3 Å². The minimum absolute atomic E-state index is 0.282. The number of sulfone groups is 1. The number of hydrogen-bond donors (Lipinski definition) is 1. The lowest BCUT2D eigenvalue weighted by molar-refractivity contribution is 0.0110. The van der Waals surface area contributed by atoms with E-state index in [9.17, 15) is 13.5 Å². The van der Waals surface area contributed by atoms with Crippen LogP contribution in [0.25, 0.3) is 0 Å². The quantitative estimate of drug-likeness (QED) is 0.851. The zero-order valence-electron chi connectivity index (χ0n) is 12.4. The van der Waals surface area contributed by atoms with Gasteiger partial charge >= 0.3 is 0 Å². The second-order valence-electron chi connectivity index (χ2n) is 6.74. The van der Waals surface area contributed by atoms with Crippen LogP contribution in [-0.2, 0) is 16.3 Å². The fourth-order valence-corrected chi connectivity index (χ4v) is 6.53. The summed E-state index contributed by atoms with van der Waals surface area (Å²) in [6.45, 7) is 0. The van der Waals surface area contributed by atoms with Gasteiger partial charge in [0.25, 0.3) is 0 Å². The van der Waals surface area contributed by atoms with Gasteiger partial charge in [0.2, 0.25) is 0 Å². The molecule has 2 saturated heterocycles. The molecule has 2 heterocycles. The highest BCUT2D eigenvalue weighted by Crippen LogP contribution is 2.44. The monoisotopic (exact) mass is 308 g/mol. The molecule has 1 N–H and O–H groups in total. The van der Waals surface area contributed by atoms with Gasteiger partial charge in [0.15, 0.2) is 9.84 Å². The molecule has 0 radical (unpaired) electrons. The number of benzene rings is 1. The molecular weight excluding hydrogens is 284 g/mol. The SMILES string of the molecule is O=S1(=O)C2CCC1CC(O)(CCCCc1ccccc1)C2. The third kappa shape index (κ3) is 3.16. The van der Waals surface area contributed by atoms with Crippen molar-refractivity contribution in [3.63, 3.8) is 0 Å². The van der Waals surface area contributed by atoms with E-state index in [2.05, 4.69) is 12.1 Å². The number of aliphatic hydroxyl groups is 1. The van der Waals surface area contributed by atoms with E-state index in [1.54, 1.807) is 0 Å². The Morgan fingerprint density at radius 2 is 1.67 bits per heavy atom. The fourth-order valence-electron chi connectivity index (χ4n) is 3.97. The Labute approximate surface area is 127 Å². The van der Waals surface area contributed by atoms with Gasteiger partial charge < -0.3 is 5.11 Å². The van der Waals surface area contributed by atoms with Crippen LogP contribution in [-0.4, -0.2) is 29.6 Å². The molecule has 0 saturated carbocycles. The summed E-state index contributed by atoms with van der Waals surface area (Å²) >= 11 is 0. The topological polar surface area (TPSA) is 54.4 Å². The standard InChI is InChI=1S/C17H24O3S/c18-17(11-5-4-8-14-6-2-1-3-7-14)12-15-9-10-16(13-17)21(15,19)20/h1-3,6-7,15-16,18H,4-5,8-13H2. The second kappa shape index (κ2) is 5.73. The lowest BCUT2D eigenvalue weighted by Gasteiger charge is -2.36. The van der Waals surface area contributed by atoms with E-state index >= 15 is 0 Å². The van der Waals surface area contributed by atoms with Crippen molar-refractivity contribution in [1.29, 1.82) is 0 Å². The van der Waals surface area contributed by atoms with Gasteiger partial charge in [-0.2, -0.15) is 0 Å². The van der Waals surface area contributed by atoms with Crippen molar-refractivity contribution in [2.75, 3.05) is 0 Å². The molecule has 0 amide bonds. The molecule has 0 aromatic heterocycles. The molecule has 2 atom stereocenters. The normalized spacial score (nSPS) is 34.0. The van der Waals surface area contributed by atoms with Crippen LogP contribution in [0.3, 0.4) is 0 Å². The summed E-state index contributed by atoms with van der Waals surface area (Å²) in [4.78, 5) is 0.